The number of nitrogens with zero attached hydrogens (tertiary/aromatic N) is 6. The number of rotatable bonds is 3. The largest absolute Gasteiger partial charge is 0.330 e. The first-order valence-corrected chi connectivity index (χ1v) is 7.98. The molecule has 4 aromatic rings. The summed E-state index contributed by atoms with van der Waals surface area (Å²) in [5, 5.41) is 5.34. The topological polar surface area (TPSA) is 70.5 Å². The molecule has 0 atom stereocenters. The Morgan fingerprint density at radius 3 is 2.92 bits per heavy atom. The molecular formula is C16H15ClN6O. The third-order valence-corrected chi connectivity index (χ3v) is 4.40. The maximum absolute atomic E-state index is 12.7. The summed E-state index contributed by atoms with van der Waals surface area (Å²) in [6, 6.07) is 5.56. The van der Waals surface area contributed by atoms with E-state index in [1.54, 1.807) is 21.8 Å². The van der Waals surface area contributed by atoms with Crippen molar-refractivity contribution in [2.45, 2.75) is 20.0 Å². The van der Waals surface area contributed by atoms with Crippen molar-refractivity contribution >= 4 is 33.7 Å². The van der Waals surface area contributed by atoms with Crippen LogP contribution in [-0.2, 0) is 20.1 Å². The summed E-state index contributed by atoms with van der Waals surface area (Å²) in [5.74, 6) is 0.762. The smallest absolute Gasteiger partial charge is 0.264 e. The Morgan fingerprint density at radius 1 is 1.29 bits per heavy atom. The van der Waals surface area contributed by atoms with E-state index < -0.39 is 0 Å². The van der Waals surface area contributed by atoms with E-state index in [-0.39, 0.29) is 5.56 Å². The van der Waals surface area contributed by atoms with Gasteiger partial charge in [0, 0.05) is 18.6 Å². The molecule has 0 aliphatic heterocycles. The van der Waals surface area contributed by atoms with Crippen molar-refractivity contribution in [3.05, 3.63) is 51.9 Å². The number of benzene rings is 1. The molecule has 3 heterocycles. The quantitative estimate of drug-likeness (QED) is 0.572. The van der Waals surface area contributed by atoms with Crippen LogP contribution in [0, 0.1) is 0 Å². The minimum absolute atomic E-state index is 0.121. The molecule has 0 saturated carbocycles. The predicted octanol–water partition coefficient (Wildman–Crippen LogP) is 2.20. The fourth-order valence-electron chi connectivity index (χ4n) is 2.86. The number of hydrogen-bond acceptors (Lipinski definition) is 4. The SMILES string of the molecule is CCn1ncc2c(=O)n(Cc3nc4cc(Cl)ccc4n3C)cnc21. The van der Waals surface area contributed by atoms with Crippen molar-refractivity contribution in [3.63, 3.8) is 0 Å². The van der Waals surface area contributed by atoms with E-state index in [0.29, 0.717) is 29.1 Å². The summed E-state index contributed by atoms with van der Waals surface area (Å²) >= 11 is 6.02. The minimum atomic E-state index is -0.121. The van der Waals surface area contributed by atoms with Gasteiger partial charge in [-0.2, -0.15) is 5.10 Å². The van der Waals surface area contributed by atoms with E-state index in [9.17, 15) is 4.79 Å². The van der Waals surface area contributed by atoms with Crippen molar-refractivity contribution in [1.82, 2.24) is 28.9 Å². The second-order valence-corrected chi connectivity index (χ2v) is 6.03. The molecule has 3 aromatic heterocycles. The van der Waals surface area contributed by atoms with Crippen LogP contribution in [-0.4, -0.2) is 28.9 Å². The molecule has 0 unspecified atom stereocenters. The van der Waals surface area contributed by atoms with Gasteiger partial charge in [-0.1, -0.05) is 11.6 Å². The van der Waals surface area contributed by atoms with E-state index in [1.165, 1.54) is 0 Å². The number of aromatic nitrogens is 6. The minimum Gasteiger partial charge on any atom is -0.330 e. The normalized spacial score (nSPS) is 11.6. The second-order valence-electron chi connectivity index (χ2n) is 5.60. The zero-order valence-corrected chi connectivity index (χ0v) is 14.0. The fraction of sp³-hybridized carbons (Fsp3) is 0.250. The molecule has 24 heavy (non-hydrogen) atoms. The molecule has 122 valence electrons. The predicted molar refractivity (Wildman–Crippen MR) is 92.3 cm³/mol. The van der Waals surface area contributed by atoms with Gasteiger partial charge >= 0.3 is 0 Å². The van der Waals surface area contributed by atoms with Crippen LogP contribution in [0.4, 0.5) is 0 Å². The Balaban J connectivity index is 1.81. The summed E-state index contributed by atoms with van der Waals surface area (Å²) < 4.78 is 5.21. The average molecular weight is 343 g/mol. The number of aryl methyl sites for hydroxylation is 2. The molecule has 4 rings (SSSR count). The summed E-state index contributed by atoms with van der Waals surface area (Å²) in [7, 11) is 1.92. The lowest BCUT2D eigenvalue weighted by Crippen LogP contribution is -2.22. The lowest BCUT2D eigenvalue weighted by molar-refractivity contribution is 0.661. The highest BCUT2D eigenvalue weighted by Gasteiger charge is 2.13. The third kappa shape index (κ3) is 2.20. The van der Waals surface area contributed by atoms with E-state index in [4.69, 9.17) is 11.6 Å². The molecule has 0 N–H and O–H groups in total. The first kappa shape index (κ1) is 14.9. The van der Waals surface area contributed by atoms with Crippen LogP contribution in [0.2, 0.25) is 5.02 Å². The van der Waals surface area contributed by atoms with Crippen LogP contribution in [0.1, 0.15) is 12.7 Å². The van der Waals surface area contributed by atoms with Crippen molar-refractivity contribution in [2.24, 2.45) is 7.05 Å². The lowest BCUT2D eigenvalue weighted by atomic mass is 10.3. The van der Waals surface area contributed by atoms with Gasteiger partial charge in [0.2, 0.25) is 0 Å². The highest BCUT2D eigenvalue weighted by molar-refractivity contribution is 6.31. The van der Waals surface area contributed by atoms with Crippen LogP contribution in [0.15, 0.2) is 35.5 Å². The number of imidazole rings is 1. The molecule has 1 aromatic carbocycles. The standard InChI is InChI=1S/C16H15ClN6O/c1-3-23-15-11(7-19-23)16(24)22(9-18-15)8-14-20-12-6-10(17)4-5-13(12)21(14)2/h4-7,9H,3,8H2,1-2H3. The van der Waals surface area contributed by atoms with Gasteiger partial charge in [0.25, 0.3) is 5.56 Å². The molecule has 7 nitrogen and oxygen atoms in total. The van der Waals surface area contributed by atoms with Crippen molar-refractivity contribution in [1.29, 1.82) is 0 Å². The van der Waals surface area contributed by atoms with Crippen LogP contribution in [0.25, 0.3) is 22.1 Å². The van der Waals surface area contributed by atoms with Gasteiger partial charge in [0.15, 0.2) is 5.65 Å². The third-order valence-electron chi connectivity index (χ3n) is 4.17. The summed E-state index contributed by atoms with van der Waals surface area (Å²) in [4.78, 5) is 21.6. The van der Waals surface area contributed by atoms with Crippen molar-refractivity contribution in [3.8, 4) is 0 Å². The number of halogens is 1. The maximum Gasteiger partial charge on any atom is 0.264 e. The average Bonchev–Trinajstić information content (AvgIpc) is 3.12. The Morgan fingerprint density at radius 2 is 2.12 bits per heavy atom. The number of hydrogen-bond donors (Lipinski definition) is 0. The molecular weight excluding hydrogens is 328 g/mol. The summed E-state index contributed by atoms with van der Waals surface area (Å²) in [6.07, 6.45) is 3.12. The molecule has 0 radical (unpaired) electrons. The van der Waals surface area contributed by atoms with Crippen LogP contribution in [0.5, 0.6) is 0 Å². The van der Waals surface area contributed by atoms with Gasteiger partial charge in [-0.25, -0.2) is 14.6 Å². The van der Waals surface area contributed by atoms with Crippen LogP contribution >= 0.6 is 11.6 Å². The zero-order chi connectivity index (χ0) is 16.8. The van der Waals surface area contributed by atoms with E-state index in [2.05, 4.69) is 15.1 Å². The molecule has 0 amide bonds. The Bertz CT molecular complexity index is 1120. The van der Waals surface area contributed by atoms with Gasteiger partial charge in [-0.3, -0.25) is 9.36 Å². The van der Waals surface area contributed by atoms with Gasteiger partial charge < -0.3 is 4.57 Å². The first-order chi connectivity index (χ1) is 11.6. The Labute approximate surface area is 142 Å². The van der Waals surface area contributed by atoms with E-state index in [0.717, 1.165) is 16.9 Å². The van der Waals surface area contributed by atoms with Gasteiger partial charge in [0.05, 0.1) is 23.8 Å². The number of fused-ring (bicyclic) bond motifs is 2. The molecule has 0 saturated heterocycles. The van der Waals surface area contributed by atoms with Gasteiger partial charge in [-0.05, 0) is 25.1 Å². The Hall–Kier alpha value is -2.67. The monoisotopic (exact) mass is 342 g/mol. The fourth-order valence-corrected chi connectivity index (χ4v) is 3.02. The molecule has 8 heteroatoms. The molecule has 0 fully saturated rings. The first-order valence-electron chi connectivity index (χ1n) is 7.60. The van der Waals surface area contributed by atoms with Crippen LogP contribution in [0.3, 0.4) is 0 Å². The van der Waals surface area contributed by atoms with Gasteiger partial charge in [-0.15, -0.1) is 0 Å². The zero-order valence-electron chi connectivity index (χ0n) is 13.3. The highest BCUT2D eigenvalue weighted by Crippen LogP contribution is 2.20. The molecule has 0 aliphatic carbocycles. The van der Waals surface area contributed by atoms with Gasteiger partial charge in [0.1, 0.15) is 17.5 Å². The summed E-state index contributed by atoms with van der Waals surface area (Å²) in [5.41, 5.74) is 2.26. The maximum atomic E-state index is 12.7. The van der Waals surface area contributed by atoms with E-state index >= 15 is 0 Å². The molecule has 0 bridgehead atoms. The molecule has 0 spiro atoms. The van der Waals surface area contributed by atoms with E-state index in [1.807, 2.05) is 36.7 Å². The van der Waals surface area contributed by atoms with Crippen molar-refractivity contribution in [2.75, 3.05) is 0 Å². The van der Waals surface area contributed by atoms with Crippen molar-refractivity contribution < 1.29 is 0 Å². The van der Waals surface area contributed by atoms with Crippen LogP contribution < -0.4 is 5.56 Å². The second kappa shape index (κ2) is 5.45. The molecule has 0 aliphatic rings. The highest BCUT2D eigenvalue weighted by atomic mass is 35.5. The Kier molecular flexibility index (Phi) is 3.38. The lowest BCUT2D eigenvalue weighted by Gasteiger charge is -2.06. The summed E-state index contributed by atoms with van der Waals surface area (Å²) in [6.45, 7) is 2.97.